The molecule has 0 fully saturated rings. The lowest BCUT2D eigenvalue weighted by molar-refractivity contribution is -0.245. The van der Waals surface area contributed by atoms with E-state index >= 15 is 0 Å². The Hall–Kier alpha value is -0.553. The van der Waals surface area contributed by atoms with E-state index in [-0.39, 0.29) is 0 Å². The fourth-order valence-corrected chi connectivity index (χ4v) is 0. The highest BCUT2D eigenvalue weighted by molar-refractivity contribution is 5.97. The smallest absolute Gasteiger partial charge is 0.245 e. The number of rotatable bonds is 0. The topological polar surface area (TPSA) is 75.4 Å². The summed E-state index contributed by atoms with van der Waals surface area (Å²) in [7, 11) is 4.22. The molecule has 0 bridgehead atoms. The third-order valence-electron chi connectivity index (χ3n) is 0. The molecule has 0 aromatic heterocycles. The van der Waals surface area contributed by atoms with Gasteiger partial charge in [-0.05, 0) is 0 Å². The first-order valence-corrected chi connectivity index (χ1v) is 1.72. The van der Waals surface area contributed by atoms with E-state index in [2.05, 4.69) is 20.6 Å². The second kappa shape index (κ2) is 9.07. The van der Waals surface area contributed by atoms with E-state index in [1.54, 1.807) is 0 Å². The predicted octanol–water partition coefficient (Wildman–Crippen LogP) is -2.00. The van der Waals surface area contributed by atoms with Crippen molar-refractivity contribution in [2.45, 2.75) is 0 Å². The normalized spacial score (nSPS) is 6.00. The van der Waals surface area contributed by atoms with Gasteiger partial charge in [-0.1, -0.05) is 0 Å². The molecule has 0 aliphatic carbocycles. The zero-order valence-corrected chi connectivity index (χ0v) is 4.80. The van der Waals surface area contributed by atoms with E-state index in [4.69, 9.17) is 9.90 Å². The van der Waals surface area contributed by atoms with Crippen LogP contribution in [0.5, 0.6) is 0 Å². The van der Waals surface area contributed by atoms with Gasteiger partial charge in [0, 0.05) is 7.11 Å². The zero-order chi connectivity index (χ0) is 6.28. The van der Waals surface area contributed by atoms with Crippen molar-refractivity contribution in [2.24, 2.45) is 5.73 Å². The van der Waals surface area contributed by atoms with Gasteiger partial charge in [-0.25, -0.2) is 0 Å². The maximum absolute atomic E-state index is 8.67. The van der Waals surface area contributed by atoms with Crippen LogP contribution in [-0.2, 0) is 4.43 Å². The Morgan fingerprint density at radius 3 is 2.00 bits per heavy atom. The van der Waals surface area contributed by atoms with Crippen molar-refractivity contribution in [3.05, 3.63) is 0 Å². The monoisotopic (exact) mass is 119 g/mol. The molecular weight excluding hydrogens is 114 g/mol. The van der Waals surface area contributed by atoms with E-state index in [9.17, 15) is 0 Å². The van der Waals surface area contributed by atoms with Crippen molar-refractivity contribution in [1.29, 1.82) is 0 Å². The van der Waals surface area contributed by atoms with Crippen LogP contribution in [0.15, 0.2) is 0 Å². The maximum atomic E-state index is 8.67. The lowest BCUT2D eigenvalue weighted by Gasteiger charge is -1.78. The van der Waals surface area contributed by atoms with Gasteiger partial charge in [-0.15, -0.1) is 0 Å². The van der Waals surface area contributed by atoms with Crippen LogP contribution in [0.25, 0.3) is 0 Å². The number of carbonyl (C=O) groups is 1. The summed E-state index contributed by atoms with van der Waals surface area (Å²) in [5.41, 5.74) is 3.92. The Morgan fingerprint density at radius 1 is 2.00 bits per heavy atom. The third kappa shape index (κ3) is 212. The van der Waals surface area contributed by atoms with Crippen LogP contribution >= 0.6 is 0 Å². The van der Waals surface area contributed by atoms with Gasteiger partial charge >= 0.3 is 0 Å². The molecule has 7 heavy (non-hydrogen) atoms. The lowest BCUT2D eigenvalue weighted by atomic mass is 11.3. The summed E-state index contributed by atoms with van der Waals surface area (Å²) < 4.78 is 4.06. The number of nitrogens with two attached hydrogens (primary N) is 1. The fourth-order valence-electron chi connectivity index (χ4n) is 0. The summed E-state index contributed by atoms with van der Waals surface area (Å²) in [5, 5.41) is 8.67. The lowest BCUT2D eigenvalue weighted by Crippen LogP contribution is -2.29. The second-order valence-corrected chi connectivity index (χ2v) is 0.931. The zero-order valence-electron chi connectivity index (χ0n) is 3.80. The Balaban J connectivity index is 0. The highest BCUT2D eigenvalue weighted by atomic mass is 28.2. The molecule has 0 heterocycles. The van der Waals surface area contributed by atoms with E-state index in [0.29, 0.717) is 0 Å². The first kappa shape index (κ1) is 9.67. The second-order valence-electron chi connectivity index (χ2n) is 0.523. The van der Waals surface area contributed by atoms with Gasteiger partial charge in [0.2, 0.25) is 10.5 Å². The number of amides is 1. The standard InChI is InChI=1S/CH3NO2.CH3OSi/c2-1(3)4;1-2-3/h2H2,(H,3,4);1H3/p-1. The average molecular weight is 119 g/mol. The summed E-state index contributed by atoms with van der Waals surface area (Å²) >= 11 is 0. The van der Waals surface area contributed by atoms with Gasteiger partial charge in [-0.2, -0.15) is 0 Å². The van der Waals surface area contributed by atoms with Gasteiger partial charge < -0.3 is 20.1 Å². The number of carboxylic acid groups (broad SMARTS) is 1. The Bertz CT molecular complexity index is 44.2. The van der Waals surface area contributed by atoms with Crippen LogP contribution < -0.4 is 10.8 Å². The van der Waals surface area contributed by atoms with Crippen molar-refractivity contribution >= 4 is 16.6 Å². The molecule has 0 aliphatic heterocycles. The largest absolute Gasteiger partial charge is 0.530 e. The van der Waals surface area contributed by atoms with Crippen molar-refractivity contribution in [1.82, 2.24) is 0 Å². The highest BCUT2D eigenvalue weighted by Gasteiger charge is 1.44. The summed E-state index contributed by atoms with van der Waals surface area (Å²) in [4.78, 5) is 8.67. The van der Waals surface area contributed by atoms with E-state index in [1.807, 2.05) is 0 Å². The molecule has 41 valence electrons. The summed E-state index contributed by atoms with van der Waals surface area (Å²) in [6.45, 7) is 0. The van der Waals surface area contributed by atoms with Gasteiger partial charge in [0.25, 0.3) is 0 Å². The van der Waals surface area contributed by atoms with Gasteiger partial charge in [-0.3, -0.25) is 0 Å². The van der Waals surface area contributed by atoms with Crippen molar-refractivity contribution in [3.63, 3.8) is 0 Å². The molecule has 1 amide bonds. The maximum Gasteiger partial charge on any atom is 0.245 e. The molecule has 0 atom stereocenters. The number of carbonyl (C=O) groups excluding carboxylic acids is 1. The minimum absolute atomic E-state index is 1.54. The molecule has 2 N–H and O–H groups in total. The van der Waals surface area contributed by atoms with Crippen LogP contribution in [0.2, 0.25) is 0 Å². The number of hydrogen-bond donors (Lipinski definition) is 1. The molecular formula is C2H5NO3Si-. The summed E-state index contributed by atoms with van der Waals surface area (Å²) in [5.74, 6) is 0. The fraction of sp³-hybridized carbons (Fsp3) is 0.500. The predicted molar refractivity (Wildman–Crippen MR) is 22.3 cm³/mol. The third-order valence-corrected chi connectivity index (χ3v) is 0. The van der Waals surface area contributed by atoms with Crippen LogP contribution in [0.1, 0.15) is 0 Å². The molecule has 0 unspecified atom stereocenters. The Morgan fingerprint density at radius 2 is 2.00 bits per heavy atom. The van der Waals surface area contributed by atoms with Crippen LogP contribution in [0.4, 0.5) is 4.79 Å². The van der Waals surface area contributed by atoms with Crippen molar-refractivity contribution in [2.75, 3.05) is 7.11 Å². The van der Waals surface area contributed by atoms with Crippen molar-refractivity contribution < 1.29 is 14.3 Å². The number of hydrogen-bond acceptors (Lipinski definition) is 3. The Kier molecular flexibility index (Phi) is 12.5. The molecule has 0 saturated carbocycles. The molecule has 0 saturated heterocycles. The molecule has 4 nitrogen and oxygen atoms in total. The molecule has 5 heteroatoms. The quantitative estimate of drug-likeness (QED) is 0.375. The molecule has 0 spiro atoms. The first-order chi connectivity index (χ1) is 3.15. The first-order valence-electron chi connectivity index (χ1n) is 1.31. The average Bonchev–Trinajstić information content (AvgIpc) is 1.33. The van der Waals surface area contributed by atoms with Crippen molar-refractivity contribution in [3.8, 4) is 0 Å². The van der Waals surface area contributed by atoms with Gasteiger partial charge in [0.1, 0.15) is 6.09 Å². The van der Waals surface area contributed by atoms with E-state index < -0.39 is 6.09 Å². The van der Waals surface area contributed by atoms with E-state index in [1.165, 1.54) is 7.11 Å². The minimum Gasteiger partial charge on any atom is -0.530 e. The molecule has 0 aromatic carbocycles. The molecule has 3 radical (unpaired) electrons. The number of primary amides is 1. The SMILES string of the molecule is CO[Si].NC(=O)[O-]. The Labute approximate surface area is 44.8 Å². The summed E-state index contributed by atoms with van der Waals surface area (Å²) in [6.07, 6.45) is -1.58. The van der Waals surface area contributed by atoms with Gasteiger partial charge in [0.15, 0.2) is 0 Å². The summed E-state index contributed by atoms with van der Waals surface area (Å²) in [6, 6.07) is 0. The van der Waals surface area contributed by atoms with E-state index in [0.717, 1.165) is 0 Å². The van der Waals surface area contributed by atoms with Crippen LogP contribution in [-0.4, -0.2) is 23.7 Å². The molecule has 0 rings (SSSR count). The van der Waals surface area contributed by atoms with Crippen LogP contribution in [0, 0.1) is 0 Å². The highest BCUT2D eigenvalue weighted by Crippen LogP contribution is 1.24. The van der Waals surface area contributed by atoms with Crippen LogP contribution in [0.3, 0.4) is 0 Å². The minimum atomic E-state index is -1.58. The molecule has 0 aliphatic rings. The molecule has 0 aromatic rings. The van der Waals surface area contributed by atoms with Gasteiger partial charge in [0.05, 0.1) is 0 Å².